The van der Waals surface area contributed by atoms with E-state index in [1.165, 1.54) is 0 Å². The van der Waals surface area contributed by atoms with E-state index in [0.29, 0.717) is 32.7 Å². The predicted octanol–water partition coefficient (Wildman–Crippen LogP) is 2.62. The molecule has 0 aromatic rings. The summed E-state index contributed by atoms with van der Waals surface area (Å²) in [4.78, 5) is 25.8. The van der Waals surface area contributed by atoms with Gasteiger partial charge in [0.2, 0.25) is 0 Å². The number of carbonyl (C=O) groups excluding carboxylic acids is 2. The van der Waals surface area contributed by atoms with Crippen molar-refractivity contribution in [2.24, 2.45) is 5.11 Å². The van der Waals surface area contributed by atoms with Gasteiger partial charge in [0, 0.05) is 4.91 Å². The van der Waals surface area contributed by atoms with Crippen LogP contribution in [0.25, 0.3) is 10.4 Å². The third-order valence-corrected chi connectivity index (χ3v) is 4.95. The molecule has 36 heavy (non-hydrogen) atoms. The van der Waals surface area contributed by atoms with Crippen LogP contribution in [0, 0.1) is 0 Å². The van der Waals surface area contributed by atoms with Crippen molar-refractivity contribution in [3.05, 3.63) is 10.4 Å². The third-order valence-electron chi connectivity index (χ3n) is 4.32. The Kier molecular flexibility index (Phi) is 12.2. The monoisotopic (exact) mass is 537 g/mol. The fourth-order valence-corrected chi connectivity index (χ4v) is 3.85. The van der Waals surface area contributed by atoms with Gasteiger partial charge in [-0.2, -0.15) is 8.42 Å². The maximum absolute atomic E-state index is 11.6. The Bertz CT molecular complexity index is 879. The molecule has 2 fully saturated rings. The average Bonchev–Trinajstić information content (AvgIpc) is 2.65. The molecule has 2 amide bonds. The lowest BCUT2D eigenvalue weighted by molar-refractivity contribution is -0.0125. The van der Waals surface area contributed by atoms with E-state index >= 15 is 0 Å². The van der Waals surface area contributed by atoms with Crippen molar-refractivity contribution in [3.63, 3.8) is 0 Å². The van der Waals surface area contributed by atoms with Gasteiger partial charge in [0.05, 0.1) is 50.8 Å². The van der Waals surface area contributed by atoms with Crippen molar-refractivity contribution >= 4 is 22.3 Å². The first-order valence-electron chi connectivity index (χ1n) is 11.5. The summed E-state index contributed by atoms with van der Waals surface area (Å²) in [6.07, 6.45) is 0.311. The van der Waals surface area contributed by atoms with Crippen LogP contribution in [-0.4, -0.2) is 88.7 Å². The minimum atomic E-state index is -3.53. The van der Waals surface area contributed by atoms with Crippen LogP contribution in [0.3, 0.4) is 0 Å². The first-order valence-corrected chi connectivity index (χ1v) is 13.3. The number of carbonyl (C=O) groups is 2. The van der Waals surface area contributed by atoms with Gasteiger partial charge >= 0.3 is 12.2 Å². The number of alkyl carbamates (subject to hydrolysis) is 2. The Labute approximate surface area is 212 Å². The molecular weight excluding hydrogens is 498 g/mol. The van der Waals surface area contributed by atoms with Crippen LogP contribution in [0.1, 0.15) is 54.4 Å². The Morgan fingerprint density at radius 2 is 1.36 bits per heavy atom. The van der Waals surface area contributed by atoms with Gasteiger partial charge in [-0.05, 0) is 59.9 Å². The van der Waals surface area contributed by atoms with Crippen LogP contribution in [0.15, 0.2) is 5.11 Å². The molecule has 14 nitrogen and oxygen atoms in total. The van der Waals surface area contributed by atoms with Crippen molar-refractivity contribution in [2.75, 3.05) is 32.7 Å². The normalized spacial score (nSPS) is 24.8. The standard InChI is InChI=1S/C11H21NO6S.C10H18N4O3/c1-11(2,3)17-10(13)12-8-5-9(7-16-6-8)18-19(4,14)15;1-10(2,3)17-9(15)12-7-4-8(13-14-11)6-16-5-7/h8-9H,5-7H2,1-4H3,(H,12,13);7-8H,4-6H2,1-3H3,(H,12,15). The molecule has 2 N–H and O–H groups in total. The van der Waals surface area contributed by atoms with Crippen molar-refractivity contribution in [1.82, 2.24) is 10.6 Å². The first-order chi connectivity index (χ1) is 16.5. The molecule has 0 aromatic heterocycles. The van der Waals surface area contributed by atoms with E-state index in [4.69, 9.17) is 28.7 Å². The highest BCUT2D eigenvalue weighted by atomic mass is 32.2. The number of azide groups is 1. The number of rotatable bonds is 5. The first kappa shape index (κ1) is 31.7. The zero-order valence-corrected chi connectivity index (χ0v) is 22.8. The molecule has 208 valence electrons. The highest BCUT2D eigenvalue weighted by Gasteiger charge is 2.29. The summed E-state index contributed by atoms with van der Waals surface area (Å²) in [5.41, 5.74) is 7.23. The maximum Gasteiger partial charge on any atom is 0.407 e. The highest BCUT2D eigenvalue weighted by Crippen LogP contribution is 2.15. The second-order valence-corrected chi connectivity index (χ2v) is 12.1. The summed E-state index contributed by atoms with van der Waals surface area (Å²) in [6.45, 7) is 12.0. The largest absolute Gasteiger partial charge is 0.444 e. The lowest BCUT2D eigenvalue weighted by Gasteiger charge is -2.29. The van der Waals surface area contributed by atoms with Crippen molar-refractivity contribution in [3.8, 4) is 0 Å². The van der Waals surface area contributed by atoms with Crippen molar-refractivity contribution in [2.45, 2.75) is 89.8 Å². The van der Waals surface area contributed by atoms with Crippen LogP contribution < -0.4 is 10.6 Å². The van der Waals surface area contributed by atoms with Gasteiger partial charge < -0.3 is 29.6 Å². The summed E-state index contributed by atoms with van der Waals surface area (Å²) in [6, 6.07) is -0.724. The number of hydrogen-bond acceptors (Lipinski definition) is 10. The molecule has 0 radical (unpaired) electrons. The molecule has 2 rings (SSSR count). The zero-order valence-electron chi connectivity index (χ0n) is 22.0. The molecule has 4 unspecified atom stereocenters. The molecule has 15 heteroatoms. The summed E-state index contributed by atoms with van der Waals surface area (Å²) < 4.78 is 47.6. The van der Waals surface area contributed by atoms with Gasteiger partial charge in [-0.1, -0.05) is 5.11 Å². The van der Waals surface area contributed by atoms with Crippen LogP contribution in [-0.2, 0) is 33.2 Å². The maximum atomic E-state index is 11.6. The molecule has 0 aromatic carbocycles. The van der Waals surface area contributed by atoms with Gasteiger partial charge in [-0.15, -0.1) is 0 Å². The Morgan fingerprint density at radius 3 is 1.81 bits per heavy atom. The molecule has 0 spiro atoms. The minimum Gasteiger partial charge on any atom is -0.444 e. The SMILES string of the molecule is CC(C)(C)OC(=O)NC1COCC(N=[N+]=[N-])C1.CC(C)(C)OC(=O)NC1COCC(OS(C)(=O)=O)C1. The predicted molar refractivity (Wildman–Crippen MR) is 130 cm³/mol. The Hall–Kier alpha value is -2.32. The van der Waals surface area contributed by atoms with E-state index < -0.39 is 39.6 Å². The highest BCUT2D eigenvalue weighted by molar-refractivity contribution is 7.86. The quantitative estimate of drug-likeness (QED) is 0.230. The number of nitrogens with one attached hydrogen (secondary N) is 2. The molecule has 0 bridgehead atoms. The van der Waals surface area contributed by atoms with Crippen LogP contribution in [0.5, 0.6) is 0 Å². The van der Waals surface area contributed by atoms with Gasteiger partial charge in [-0.25, -0.2) is 9.59 Å². The van der Waals surface area contributed by atoms with E-state index in [1.807, 2.05) is 0 Å². The number of amides is 2. The molecule has 2 aliphatic heterocycles. The van der Waals surface area contributed by atoms with E-state index in [9.17, 15) is 18.0 Å². The number of hydrogen-bond donors (Lipinski definition) is 2. The van der Waals surface area contributed by atoms with Crippen LogP contribution in [0.4, 0.5) is 9.59 Å². The minimum absolute atomic E-state index is 0.172. The van der Waals surface area contributed by atoms with Crippen molar-refractivity contribution < 1.29 is 41.1 Å². The second kappa shape index (κ2) is 13.8. The second-order valence-electron chi connectivity index (χ2n) is 10.5. The van der Waals surface area contributed by atoms with Crippen molar-refractivity contribution in [1.29, 1.82) is 0 Å². The summed E-state index contributed by atoms with van der Waals surface area (Å²) in [7, 11) is -3.53. The lowest BCUT2D eigenvalue weighted by Crippen LogP contribution is -2.47. The average molecular weight is 538 g/mol. The number of ether oxygens (including phenoxy) is 4. The van der Waals surface area contributed by atoms with Gasteiger partial charge in [-0.3, -0.25) is 4.18 Å². The van der Waals surface area contributed by atoms with Crippen LogP contribution >= 0.6 is 0 Å². The molecule has 2 heterocycles. The Morgan fingerprint density at radius 1 is 0.889 bits per heavy atom. The molecular formula is C21H39N5O9S. The van der Waals surface area contributed by atoms with Gasteiger partial charge in [0.1, 0.15) is 17.3 Å². The van der Waals surface area contributed by atoms with E-state index in [2.05, 4.69) is 20.7 Å². The van der Waals surface area contributed by atoms with Gasteiger partial charge in [0.15, 0.2) is 0 Å². The lowest BCUT2D eigenvalue weighted by atomic mass is 10.1. The molecule has 2 saturated heterocycles. The smallest absolute Gasteiger partial charge is 0.407 e. The fourth-order valence-electron chi connectivity index (χ4n) is 3.22. The number of nitrogens with zero attached hydrogens (tertiary/aromatic N) is 3. The molecule has 0 saturated carbocycles. The van der Waals surface area contributed by atoms with Crippen LogP contribution in [0.2, 0.25) is 0 Å². The fraction of sp³-hybridized carbons (Fsp3) is 0.905. The Balaban J connectivity index is 0.000000362. The molecule has 0 aliphatic carbocycles. The summed E-state index contributed by atoms with van der Waals surface area (Å²) in [5, 5.41) is 8.90. The third kappa shape index (κ3) is 15.6. The molecule has 4 atom stereocenters. The zero-order chi connectivity index (χ0) is 27.6. The van der Waals surface area contributed by atoms with E-state index in [-0.39, 0.29) is 24.7 Å². The topological polar surface area (TPSA) is 187 Å². The summed E-state index contributed by atoms with van der Waals surface area (Å²) >= 11 is 0. The molecule has 2 aliphatic rings. The van der Waals surface area contributed by atoms with E-state index in [1.54, 1.807) is 41.5 Å². The van der Waals surface area contributed by atoms with E-state index in [0.717, 1.165) is 6.26 Å². The summed E-state index contributed by atoms with van der Waals surface area (Å²) in [5.74, 6) is 0. The van der Waals surface area contributed by atoms with Gasteiger partial charge in [0.25, 0.3) is 10.1 Å².